The van der Waals surface area contributed by atoms with Crippen LogP contribution in [0, 0.1) is 7.14 Å². The highest BCUT2D eigenvalue weighted by Gasteiger charge is 2.07. The summed E-state index contributed by atoms with van der Waals surface area (Å²) in [5.74, 6) is 0.281. The molecule has 4 nitrogen and oxygen atoms in total. The number of nitrogens with one attached hydrogen (secondary N) is 1. The summed E-state index contributed by atoms with van der Waals surface area (Å²) in [7, 11) is 1.62. The summed E-state index contributed by atoms with van der Waals surface area (Å²) in [6.45, 7) is 0. The standard InChI is InChI=1S/C15H14I2N4.ClH/c1-19-15(18)21-20-14(10-2-6-12(16)7-3-10)11-4-8-13(17)9-5-11;/h2-9H,1H3,(H3,18,19,21);1H. The van der Waals surface area contributed by atoms with Crippen molar-refractivity contribution in [3.8, 4) is 0 Å². The molecule has 2 rings (SSSR count). The highest BCUT2D eigenvalue weighted by Crippen LogP contribution is 2.15. The Morgan fingerprint density at radius 2 is 1.32 bits per heavy atom. The van der Waals surface area contributed by atoms with Crippen LogP contribution in [0.1, 0.15) is 11.1 Å². The molecule has 0 atom stereocenters. The van der Waals surface area contributed by atoms with E-state index in [1.165, 1.54) is 7.14 Å². The summed E-state index contributed by atoms with van der Waals surface area (Å²) >= 11 is 4.56. The monoisotopic (exact) mass is 540 g/mol. The van der Waals surface area contributed by atoms with E-state index in [0.29, 0.717) is 0 Å². The number of halogens is 3. The summed E-state index contributed by atoms with van der Waals surface area (Å²) in [6.07, 6.45) is 0. The second-order valence-corrected chi connectivity index (χ2v) is 6.69. The fourth-order valence-electron chi connectivity index (χ4n) is 1.67. The van der Waals surface area contributed by atoms with Gasteiger partial charge in [0.25, 0.3) is 0 Å². The van der Waals surface area contributed by atoms with Crippen LogP contribution in [-0.4, -0.2) is 18.7 Å². The Hall–Kier alpha value is -0.870. The fourth-order valence-corrected chi connectivity index (χ4v) is 2.39. The van der Waals surface area contributed by atoms with Crippen LogP contribution in [-0.2, 0) is 0 Å². The van der Waals surface area contributed by atoms with Crippen molar-refractivity contribution in [2.24, 2.45) is 15.8 Å². The van der Waals surface area contributed by atoms with E-state index < -0.39 is 0 Å². The van der Waals surface area contributed by atoms with Crippen LogP contribution in [0.2, 0.25) is 0 Å². The number of hydrazone groups is 1. The number of benzene rings is 2. The van der Waals surface area contributed by atoms with E-state index in [4.69, 9.17) is 5.73 Å². The van der Waals surface area contributed by atoms with E-state index >= 15 is 0 Å². The van der Waals surface area contributed by atoms with Gasteiger partial charge in [0, 0.05) is 25.3 Å². The van der Waals surface area contributed by atoms with Crippen LogP contribution in [0.15, 0.2) is 58.6 Å². The summed E-state index contributed by atoms with van der Waals surface area (Å²) in [5, 5.41) is 4.40. The van der Waals surface area contributed by atoms with Crippen molar-refractivity contribution in [1.82, 2.24) is 5.43 Å². The molecule has 0 unspecified atom stereocenters. The minimum atomic E-state index is 0. The average molecular weight is 541 g/mol. The van der Waals surface area contributed by atoms with Gasteiger partial charge in [-0.2, -0.15) is 5.10 Å². The van der Waals surface area contributed by atoms with Crippen molar-refractivity contribution in [3.63, 3.8) is 0 Å². The molecule has 0 aliphatic rings. The van der Waals surface area contributed by atoms with Crippen molar-refractivity contribution in [3.05, 3.63) is 66.8 Å². The molecule has 2 aromatic carbocycles. The minimum Gasteiger partial charge on any atom is -0.369 e. The van der Waals surface area contributed by atoms with Crippen LogP contribution in [0.4, 0.5) is 0 Å². The van der Waals surface area contributed by atoms with Gasteiger partial charge in [0.1, 0.15) is 0 Å². The number of aliphatic imine (C=N–C) groups is 1. The maximum Gasteiger partial charge on any atom is 0.209 e. The Morgan fingerprint density at radius 3 is 1.68 bits per heavy atom. The third-order valence-corrected chi connectivity index (χ3v) is 4.20. The van der Waals surface area contributed by atoms with Gasteiger partial charge in [-0.25, -0.2) is 5.43 Å². The van der Waals surface area contributed by atoms with Gasteiger partial charge in [-0.1, -0.05) is 24.3 Å². The molecule has 0 aliphatic heterocycles. The Kier molecular flexibility index (Phi) is 8.12. The molecule has 0 amide bonds. The summed E-state index contributed by atoms with van der Waals surface area (Å²) in [6, 6.07) is 16.4. The lowest BCUT2D eigenvalue weighted by Gasteiger charge is -2.08. The molecular weight excluding hydrogens is 525 g/mol. The van der Waals surface area contributed by atoms with Gasteiger partial charge >= 0.3 is 0 Å². The van der Waals surface area contributed by atoms with Gasteiger partial charge in [-0.3, -0.25) is 4.99 Å². The van der Waals surface area contributed by atoms with E-state index in [1.807, 2.05) is 24.3 Å². The normalized spacial score (nSPS) is 10.6. The van der Waals surface area contributed by atoms with Gasteiger partial charge in [-0.15, -0.1) is 12.4 Å². The molecule has 0 fully saturated rings. The number of guanidine groups is 1. The van der Waals surface area contributed by atoms with Crippen LogP contribution in [0.5, 0.6) is 0 Å². The van der Waals surface area contributed by atoms with Gasteiger partial charge in [0.15, 0.2) is 0 Å². The molecule has 0 aliphatic carbocycles. The molecule has 0 aromatic heterocycles. The smallest absolute Gasteiger partial charge is 0.209 e. The zero-order valence-corrected chi connectivity index (χ0v) is 16.9. The molecule has 2 aromatic rings. The van der Waals surface area contributed by atoms with Crippen LogP contribution in [0.25, 0.3) is 0 Å². The van der Waals surface area contributed by atoms with E-state index in [2.05, 4.69) is 85.0 Å². The predicted molar refractivity (Wildman–Crippen MR) is 112 cm³/mol. The van der Waals surface area contributed by atoms with Gasteiger partial charge in [-0.05, 0) is 69.4 Å². The molecule has 116 valence electrons. The Bertz CT molecular complexity index is 619. The molecule has 22 heavy (non-hydrogen) atoms. The largest absolute Gasteiger partial charge is 0.369 e. The first-order valence-corrected chi connectivity index (χ1v) is 8.33. The van der Waals surface area contributed by atoms with Gasteiger partial charge < -0.3 is 5.73 Å². The summed E-state index contributed by atoms with van der Waals surface area (Å²) < 4.78 is 2.36. The van der Waals surface area contributed by atoms with Gasteiger partial charge in [0.2, 0.25) is 5.96 Å². The zero-order chi connectivity index (χ0) is 15.2. The highest BCUT2D eigenvalue weighted by molar-refractivity contribution is 14.1. The molecule has 0 saturated carbocycles. The highest BCUT2D eigenvalue weighted by atomic mass is 127. The van der Waals surface area contributed by atoms with E-state index in [1.54, 1.807) is 7.05 Å². The molecule has 0 bridgehead atoms. The number of nitrogens with zero attached hydrogens (tertiary/aromatic N) is 2. The van der Waals surface area contributed by atoms with Crippen LogP contribution in [0.3, 0.4) is 0 Å². The Labute approximate surface area is 163 Å². The van der Waals surface area contributed by atoms with Crippen molar-refractivity contribution < 1.29 is 0 Å². The molecule has 0 spiro atoms. The van der Waals surface area contributed by atoms with Crippen molar-refractivity contribution >= 4 is 69.3 Å². The average Bonchev–Trinajstić information content (AvgIpc) is 2.50. The first-order valence-electron chi connectivity index (χ1n) is 6.18. The maximum atomic E-state index is 5.66. The Morgan fingerprint density at radius 1 is 0.909 bits per heavy atom. The first kappa shape index (κ1) is 19.2. The lowest BCUT2D eigenvalue weighted by Crippen LogP contribution is -2.28. The fraction of sp³-hybridized carbons (Fsp3) is 0.0667. The van der Waals surface area contributed by atoms with Crippen molar-refractivity contribution in [2.75, 3.05) is 7.05 Å². The Balaban J connectivity index is 0.00000242. The molecule has 0 heterocycles. The first-order chi connectivity index (χ1) is 10.1. The van der Waals surface area contributed by atoms with Crippen LogP contribution < -0.4 is 11.2 Å². The van der Waals surface area contributed by atoms with E-state index in [9.17, 15) is 0 Å². The molecular formula is C15H15ClI2N4. The topological polar surface area (TPSA) is 62.8 Å². The lowest BCUT2D eigenvalue weighted by atomic mass is 10.0. The third-order valence-electron chi connectivity index (χ3n) is 2.76. The SMILES string of the molecule is CN=C(N)NN=C(c1ccc(I)cc1)c1ccc(I)cc1.Cl. The molecule has 0 saturated heterocycles. The van der Waals surface area contributed by atoms with E-state index in [0.717, 1.165) is 16.8 Å². The molecule has 0 radical (unpaired) electrons. The number of hydrogen-bond acceptors (Lipinski definition) is 2. The van der Waals surface area contributed by atoms with Gasteiger partial charge in [0.05, 0.1) is 5.71 Å². The second-order valence-electron chi connectivity index (χ2n) is 4.19. The van der Waals surface area contributed by atoms with Crippen molar-refractivity contribution in [1.29, 1.82) is 0 Å². The summed E-state index contributed by atoms with van der Waals surface area (Å²) in [4.78, 5) is 3.85. The number of hydrogen-bond donors (Lipinski definition) is 2. The number of nitrogens with two attached hydrogens (primary N) is 1. The molecule has 7 heteroatoms. The number of rotatable bonds is 3. The molecule has 3 N–H and O–H groups in total. The second kappa shape index (κ2) is 9.31. The van der Waals surface area contributed by atoms with Crippen LogP contribution >= 0.6 is 57.6 Å². The summed E-state index contributed by atoms with van der Waals surface area (Å²) in [5.41, 5.74) is 11.3. The zero-order valence-electron chi connectivity index (χ0n) is 11.8. The van der Waals surface area contributed by atoms with Crippen molar-refractivity contribution in [2.45, 2.75) is 0 Å². The maximum absolute atomic E-state index is 5.66. The predicted octanol–water partition coefficient (Wildman–Crippen LogP) is 3.60. The minimum absolute atomic E-state index is 0. The van der Waals surface area contributed by atoms with E-state index in [-0.39, 0.29) is 18.4 Å². The third kappa shape index (κ3) is 5.40. The quantitative estimate of drug-likeness (QED) is 0.271. The lowest BCUT2D eigenvalue weighted by molar-refractivity contribution is 0.999.